The summed E-state index contributed by atoms with van der Waals surface area (Å²) >= 11 is 6.30. The number of rotatable bonds is 9. The summed E-state index contributed by atoms with van der Waals surface area (Å²) in [6.07, 6.45) is 3.08. The van der Waals surface area contributed by atoms with Crippen LogP contribution in [-0.4, -0.2) is 95.4 Å². The van der Waals surface area contributed by atoms with Crippen molar-refractivity contribution in [3.8, 4) is 0 Å². The van der Waals surface area contributed by atoms with Crippen LogP contribution >= 0.6 is 20.8 Å². The van der Waals surface area contributed by atoms with Crippen molar-refractivity contribution in [1.82, 2.24) is 19.7 Å². The molecule has 0 saturated carbocycles. The fourth-order valence-electron chi connectivity index (χ4n) is 5.34. The molecular formula is C33H48ClN8O4P. The summed E-state index contributed by atoms with van der Waals surface area (Å²) in [7, 11) is 4.75. The number of pyridine rings is 1. The molecule has 2 unspecified atom stereocenters. The molecule has 0 spiro atoms. The van der Waals surface area contributed by atoms with Gasteiger partial charge in [-0.15, -0.1) is 9.24 Å². The number of halogens is 1. The molecule has 2 fully saturated rings. The molecule has 2 aliphatic heterocycles. The van der Waals surface area contributed by atoms with E-state index in [9.17, 15) is 9.59 Å². The largest absolute Gasteiger partial charge is 0.444 e. The number of nitrogens with two attached hydrogens (primary N) is 2. The number of anilines is 2. The fourth-order valence-corrected chi connectivity index (χ4v) is 5.86. The first-order valence-corrected chi connectivity index (χ1v) is 16.6. The zero-order valence-electron chi connectivity index (χ0n) is 28.1. The second-order valence-corrected chi connectivity index (χ2v) is 14.4. The smallest absolute Gasteiger partial charge is 0.413 e. The standard InChI is InChI=1S/C33H48ClN8O4P/c1-32(2,3)46-31(44)42-26(20-45-33(42,4)5)30(36)25(19-24(35)23-17-21(34)7-8-27(23)47)38-22-9-11-37-28(18-22)39-29(43)10-12-41-15-13-40(6)14-16-41/h7-9,11,17-19,26H,10,12-16,20,35-36,47H2,1-6H3,(H2,37,38,39,43)/b24-19-,30-25+. The number of carbonyl (C=O) groups is 2. The van der Waals surface area contributed by atoms with Gasteiger partial charge in [0.1, 0.15) is 23.2 Å². The lowest BCUT2D eigenvalue weighted by molar-refractivity contribution is -0.116. The van der Waals surface area contributed by atoms with Gasteiger partial charge < -0.3 is 41.4 Å². The van der Waals surface area contributed by atoms with Crippen LogP contribution < -0.4 is 27.4 Å². The number of likely N-dealkylation sites (N-methyl/N-ethyl adjacent to an activating group) is 1. The number of hydrogen-bond acceptors (Lipinski definition) is 10. The maximum Gasteiger partial charge on any atom is 0.413 e. The van der Waals surface area contributed by atoms with Crippen LogP contribution in [0.3, 0.4) is 0 Å². The Bertz CT molecular complexity index is 1520. The van der Waals surface area contributed by atoms with Crippen LogP contribution in [0.4, 0.5) is 16.3 Å². The van der Waals surface area contributed by atoms with Crippen molar-refractivity contribution < 1.29 is 19.1 Å². The molecule has 14 heteroatoms. The summed E-state index contributed by atoms with van der Waals surface area (Å²) in [6, 6.07) is 8.17. The summed E-state index contributed by atoms with van der Waals surface area (Å²) in [6.45, 7) is 13.7. The molecule has 256 valence electrons. The lowest BCUT2D eigenvalue weighted by atomic mass is 10.1. The number of aromatic nitrogens is 1. The van der Waals surface area contributed by atoms with E-state index in [4.69, 9.17) is 32.5 Å². The van der Waals surface area contributed by atoms with Gasteiger partial charge in [0, 0.05) is 73.4 Å². The highest BCUT2D eigenvalue weighted by atomic mass is 35.5. The Hall–Kier alpha value is -3.41. The van der Waals surface area contributed by atoms with Gasteiger partial charge in [0.05, 0.1) is 18.0 Å². The quantitative estimate of drug-likeness (QED) is 0.227. The van der Waals surface area contributed by atoms with E-state index in [1.165, 1.54) is 4.90 Å². The van der Waals surface area contributed by atoms with Crippen molar-refractivity contribution in [3.05, 3.63) is 64.6 Å². The van der Waals surface area contributed by atoms with E-state index in [0.717, 1.165) is 31.5 Å². The van der Waals surface area contributed by atoms with Gasteiger partial charge in [0.2, 0.25) is 5.91 Å². The predicted molar refractivity (Wildman–Crippen MR) is 191 cm³/mol. The molecule has 2 aliphatic rings. The molecule has 12 nitrogen and oxygen atoms in total. The Morgan fingerprint density at radius 3 is 2.53 bits per heavy atom. The first-order valence-electron chi connectivity index (χ1n) is 15.6. The number of carbonyl (C=O) groups excluding carboxylic acids is 2. The molecule has 1 aromatic heterocycles. The molecule has 6 N–H and O–H groups in total. The minimum Gasteiger partial charge on any atom is -0.444 e. The highest BCUT2D eigenvalue weighted by Gasteiger charge is 2.47. The normalized spacial score (nSPS) is 19.7. The van der Waals surface area contributed by atoms with E-state index in [0.29, 0.717) is 52.1 Å². The monoisotopic (exact) mass is 686 g/mol. The Balaban J connectivity index is 1.63. The van der Waals surface area contributed by atoms with Gasteiger partial charge in [0.25, 0.3) is 0 Å². The van der Waals surface area contributed by atoms with Crippen LogP contribution in [0.2, 0.25) is 5.02 Å². The highest BCUT2D eigenvalue weighted by molar-refractivity contribution is 7.27. The number of nitrogens with zero attached hydrogens (tertiary/aromatic N) is 4. The zero-order chi connectivity index (χ0) is 34.5. The van der Waals surface area contributed by atoms with Crippen LogP contribution in [0.1, 0.15) is 46.6 Å². The van der Waals surface area contributed by atoms with Gasteiger partial charge in [-0.3, -0.25) is 9.69 Å². The molecule has 3 heterocycles. The minimum absolute atomic E-state index is 0.125. The first-order chi connectivity index (χ1) is 22.0. The second-order valence-electron chi connectivity index (χ2n) is 13.3. The number of piperazine rings is 1. The van der Waals surface area contributed by atoms with E-state index in [1.54, 1.807) is 71.2 Å². The average Bonchev–Trinajstić information content (AvgIpc) is 3.31. The summed E-state index contributed by atoms with van der Waals surface area (Å²) < 4.78 is 11.8. The Labute approximate surface area is 285 Å². The maximum atomic E-state index is 13.4. The number of nitrogens with one attached hydrogen (secondary N) is 2. The van der Waals surface area contributed by atoms with Gasteiger partial charge >= 0.3 is 6.09 Å². The Morgan fingerprint density at radius 2 is 1.85 bits per heavy atom. The number of ether oxygens (including phenoxy) is 2. The number of allylic oxidation sites excluding steroid dienone is 1. The molecule has 47 heavy (non-hydrogen) atoms. The predicted octanol–water partition coefficient (Wildman–Crippen LogP) is 3.77. The lowest BCUT2D eigenvalue weighted by Gasteiger charge is -2.35. The van der Waals surface area contributed by atoms with Crippen LogP contribution in [0.25, 0.3) is 5.70 Å². The van der Waals surface area contributed by atoms with E-state index in [1.807, 2.05) is 6.07 Å². The van der Waals surface area contributed by atoms with Crippen LogP contribution in [-0.2, 0) is 14.3 Å². The highest BCUT2D eigenvalue weighted by Crippen LogP contribution is 2.33. The topological polar surface area (TPSA) is 151 Å². The Kier molecular flexibility index (Phi) is 11.8. The molecular weight excluding hydrogens is 639 g/mol. The molecule has 2 atom stereocenters. The Morgan fingerprint density at radius 1 is 1.15 bits per heavy atom. The molecule has 0 bridgehead atoms. The molecule has 2 saturated heterocycles. The van der Waals surface area contributed by atoms with Crippen molar-refractivity contribution in [2.75, 3.05) is 57.0 Å². The fraction of sp³-hybridized carbons (Fsp3) is 0.485. The third-order valence-electron chi connectivity index (χ3n) is 7.93. The number of amides is 2. The third kappa shape index (κ3) is 10.0. The first kappa shape index (κ1) is 36.4. The van der Waals surface area contributed by atoms with Crippen LogP contribution in [0.15, 0.2) is 54.0 Å². The second kappa shape index (κ2) is 15.2. The molecule has 1 aromatic carbocycles. The van der Waals surface area contributed by atoms with Crippen molar-refractivity contribution >= 4 is 55.3 Å². The van der Waals surface area contributed by atoms with Gasteiger partial charge in [-0.05, 0) is 71.2 Å². The van der Waals surface area contributed by atoms with Gasteiger partial charge in [0.15, 0.2) is 0 Å². The van der Waals surface area contributed by atoms with Crippen LogP contribution in [0.5, 0.6) is 0 Å². The summed E-state index contributed by atoms with van der Waals surface area (Å²) in [5.74, 6) is 0.260. The number of benzene rings is 1. The van der Waals surface area contributed by atoms with E-state index >= 15 is 0 Å². The average molecular weight is 687 g/mol. The van der Waals surface area contributed by atoms with Crippen molar-refractivity contribution in [1.29, 1.82) is 0 Å². The van der Waals surface area contributed by atoms with Crippen LogP contribution in [0, 0.1) is 0 Å². The lowest BCUT2D eigenvalue weighted by Crippen LogP contribution is -2.51. The number of hydrogen-bond donors (Lipinski definition) is 4. The summed E-state index contributed by atoms with van der Waals surface area (Å²) in [5, 5.41) is 7.61. The minimum atomic E-state index is -0.990. The van der Waals surface area contributed by atoms with E-state index in [-0.39, 0.29) is 12.5 Å². The van der Waals surface area contributed by atoms with Crippen molar-refractivity contribution in [2.45, 2.75) is 58.4 Å². The van der Waals surface area contributed by atoms with Gasteiger partial charge in [-0.25, -0.2) is 9.78 Å². The van der Waals surface area contributed by atoms with Gasteiger partial charge in [-0.1, -0.05) is 17.7 Å². The van der Waals surface area contributed by atoms with E-state index < -0.39 is 23.5 Å². The summed E-state index contributed by atoms with van der Waals surface area (Å²) in [5.41, 5.74) is 14.2. The van der Waals surface area contributed by atoms with E-state index in [2.05, 4.69) is 41.7 Å². The molecule has 4 rings (SSSR count). The molecule has 0 aliphatic carbocycles. The summed E-state index contributed by atoms with van der Waals surface area (Å²) in [4.78, 5) is 36.7. The third-order valence-corrected chi connectivity index (χ3v) is 8.67. The maximum absolute atomic E-state index is 13.4. The van der Waals surface area contributed by atoms with Crippen molar-refractivity contribution in [2.24, 2.45) is 11.5 Å². The molecule has 2 amide bonds. The molecule has 2 aromatic rings. The molecule has 0 radical (unpaired) electrons. The van der Waals surface area contributed by atoms with Crippen molar-refractivity contribution in [3.63, 3.8) is 0 Å². The zero-order valence-corrected chi connectivity index (χ0v) is 30.0. The SMILES string of the molecule is CN1CCN(CCC(=O)Nc2cc(NC(/C=C(\N)c3cc(Cl)ccc3P)=C(/N)C3COC(C)(C)N3C(=O)OC(C)(C)C)ccn2)CC1. The van der Waals surface area contributed by atoms with Gasteiger partial charge in [-0.2, -0.15) is 0 Å².